The summed E-state index contributed by atoms with van der Waals surface area (Å²) in [5, 5.41) is 9.07. The van der Waals surface area contributed by atoms with E-state index >= 15 is 0 Å². The van der Waals surface area contributed by atoms with E-state index in [4.69, 9.17) is 14.2 Å². The van der Waals surface area contributed by atoms with Gasteiger partial charge in [-0.15, -0.1) is 10.2 Å². The van der Waals surface area contributed by atoms with Crippen LogP contribution < -0.4 is 9.47 Å². The fraction of sp³-hybridized carbons (Fsp3) is 0.625. The number of ether oxygens (including phenoxy) is 3. The van der Waals surface area contributed by atoms with E-state index in [1.165, 1.54) is 0 Å². The second-order valence-corrected chi connectivity index (χ2v) is 8.99. The number of amides is 1. The van der Waals surface area contributed by atoms with Crippen molar-refractivity contribution in [1.82, 2.24) is 19.7 Å². The van der Waals surface area contributed by atoms with E-state index in [0.29, 0.717) is 24.5 Å². The largest absolute Gasteiger partial charge is 0.493 e. The van der Waals surface area contributed by atoms with Gasteiger partial charge >= 0.3 is 0 Å². The molecule has 3 heterocycles. The first kappa shape index (κ1) is 21.2. The molecule has 0 N–H and O–H groups in total. The minimum atomic E-state index is 0.197. The van der Waals surface area contributed by atoms with Crippen LogP contribution in [-0.4, -0.2) is 58.5 Å². The molecular formula is C24H32N4O4. The number of benzene rings is 1. The van der Waals surface area contributed by atoms with Crippen LogP contribution in [0.15, 0.2) is 18.2 Å². The van der Waals surface area contributed by atoms with Crippen molar-refractivity contribution in [2.75, 3.05) is 20.8 Å². The summed E-state index contributed by atoms with van der Waals surface area (Å²) in [6.45, 7) is 1.35. The summed E-state index contributed by atoms with van der Waals surface area (Å²) in [6.07, 6.45) is 8.15. The van der Waals surface area contributed by atoms with E-state index in [1.54, 1.807) is 14.2 Å². The Morgan fingerprint density at radius 2 is 1.88 bits per heavy atom. The highest BCUT2D eigenvalue weighted by atomic mass is 16.5. The Balaban J connectivity index is 1.42. The van der Waals surface area contributed by atoms with Gasteiger partial charge in [-0.05, 0) is 50.3 Å². The van der Waals surface area contributed by atoms with Crippen molar-refractivity contribution in [3.63, 3.8) is 0 Å². The summed E-state index contributed by atoms with van der Waals surface area (Å²) in [7, 11) is 3.27. The molecule has 1 aromatic carbocycles. The molecule has 1 amide bonds. The summed E-state index contributed by atoms with van der Waals surface area (Å²) < 4.78 is 18.9. The van der Waals surface area contributed by atoms with Crippen LogP contribution in [0, 0.1) is 0 Å². The van der Waals surface area contributed by atoms with Gasteiger partial charge < -0.3 is 23.7 Å². The number of fused-ring (bicyclic) bond motifs is 3. The standard InChI is InChI=1S/C24H32N4O4/c1-30-20-11-9-16(14-21(20)31-2)24-26-25-22-15-27(18-7-3-4-8-19(18)28(22)24)23(29)12-10-17-6-5-13-32-17/h9,11,14,17-19H,3-8,10,12-13,15H2,1-2H3. The van der Waals surface area contributed by atoms with Crippen molar-refractivity contribution in [3.05, 3.63) is 24.0 Å². The molecule has 172 valence electrons. The SMILES string of the molecule is COc1ccc(-c2nnc3n2C2CCCCC2N(C(=O)CCC2CCCO2)C3)cc1OC. The Kier molecular flexibility index (Phi) is 6.04. The van der Waals surface area contributed by atoms with Crippen molar-refractivity contribution >= 4 is 5.91 Å². The Morgan fingerprint density at radius 3 is 2.62 bits per heavy atom. The average molecular weight is 441 g/mol. The van der Waals surface area contributed by atoms with Crippen LogP contribution in [0.5, 0.6) is 11.5 Å². The number of methoxy groups -OCH3 is 2. The maximum Gasteiger partial charge on any atom is 0.223 e. The highest BCUT2D eigenvalue weighted by Crippen LogP contribution is 2.41. The molecule has 0 bridgehead atoms. The van der Waals surface area contributed by atoms with E-state index in [-0.39, 0.29) is 24.1 Å². The minimum Gasteiger partial charge on any atom is -0.493 e. The smallest absolute Gasteiger partial charge is 0.223 e. The van der Waals surface area contributed by atoms with E-state index < -0.39 is 0 Å². The molecule has 5 rings (SSSR count). The number of hydrogen-bond acceptors (Lipinski definition) is 6. The summed E-state index contributed by atoms with van der Waals surface area (Å²) in [6, 6.07) is 6.25. The van der Waals surface area contributed by atoms with Gasteiger partial charge in [-0.2, -0.15) is 0 Å². The molecule has 32 heavy (non-hydrogen) atoms. The van der Waals surface area contributed by atoms with Crippen LogP contribution in [-0.2, 0) is 16.1 Å². The fourth-order valence-corrected chi connectivity index (χ4v) is 5.55. The molecule has 2 aliphatic heterocycles. The first-order chi connectivity index (χ1) is 15.7. The van der Waals surface area contributed by atoms with Gasteiger partial charge in [-0.1, -0.05) is 12.8 Å². The number of carbonyl (C=O) groups is 1. The third-order valence-electron chi connectivity index (χ3n) is 7.17. The second-order valence-electron chi connectivity index (χ2n) is 8.99. The van der Waals surface area contributed by atoms with Gasteiger partial charge in [-0.25, -0.2) is 0 Å². The lowest BCUT2D eigenvalue weighted by Gasteiger charge is -2.45. The van der Waals surface area contributed by atoms with Crippen molar-refractivity contribution in [2.24, 2.45) is 0 Å². The number of aromatic nitrogens is 3. The van der Waals surface area contributed by atoms with Crippen molar-refractivity contribution in [3.8, 4) is 22.9 Å². The zero-order chi connectivity index (χ0) is 22.1. The molecule has 0 radical (unpaired) electrons. The highest BCUT2D eigenvalue weighted by molar-refractivity contribution is 5.77. The Bertz CT molecular complexity index is 969. The molecule has 3 atom stereocenters. The molecule has 0 spiro atoms. The number of rotatable bonds is 6. The lowest BCUT2D eigenvalue weighted by molar-refractivity contribution is -0.138. The molecule has 8 nitrogen and oxygen atoms in total. The van der Waals surface area contributed by atoms with Gasteiger partial charge in [-0.3, -0.25) is 4.79 Å². The van der Waals surface area contributed by atoms with Gasteiger partial charge in [0.15, 0.2) is 23.1 Å². The quantitative estimate of drug-likeness (QED) is 0.681. The molecule has 8 heteroatoms. The molecule has 1 aliphatic carbocycles. The average Bonchev–Trinajstić information content (AvgIpc) is 3.51. The maximum atomic E-state index is 13.2. The zero-order valence-electron chi connectivity index (χ0n) is 19.0. The van der Waals surface area contributed by atoms with Gasteiger partial charge in [0.1, 0.15) is 0 Å². The normalized spacial score (nSPS) is 24.7. The summed E-state index contributed by atoms with van der Waals surface area (Å²) in [5.74, 6) is 3.28. The van der Waals surface area contributed by atoms with Crippen LogP contribution in [0.2, 0.25) is 0 Å². The topological polar surface area (TPSA) is 78.7 Å². The van der Waals surface area contributed by atoms with Gasteiger partial charge in [0, 0.05) is 18.6 Å². The van der Waals surface area contributed by atoms with Crippen LogP contribution >= 0.6 is 0 Å². The molecular weight excluding hydrogens is 408 g/mol. The van der Waals surface area contributed by atoms with Crippen molar-refractivity contribution < 1.29 is 19.0 Å². The first-order valence-electron chi connectivity index (χ1n) is 11.8. The molecule has 2 fully saturated rings. The third-order valence-corrected chi connectivity index (χ3v) is 7.17. The lowest BCUT2D eigenvalue weighted by Crippen LogP contribution is -2.50. The third kappa shape index (κ3) is 3.85. The fourth-order valence-electron chi connectivity index (χ4n) is 5.55. The molecule has 1 aromatic heterocycles. The molecule has 1 saturated heterocycles. The van der Waals surface area contributed by atoms with E-state index in [0.717, 1.165) is 68.8 Å². The Morgan fingerprint density at radius 1 is 1.06 bits per heavy atom. The van der Waals surface area contributed by atoms with Crippen molar-refractivity contribution in [2.45, 2.75) is 76.1 Å². The zero-order valence-corrected chi connectivity index (χ0v) is 19.0. The number of nitrogens with zero attached hydrogens (tertiary/aromatic N) is 4. The Hall–Kier alpha value is -2.61. The second kappa shape index (κ2) is 9.10. The van der Waals surface area contributed by atoms with Crippen LogP contribution in [0.4, 0.5) is 0 Å². The minimum absolute atomic E-state index is 0.197. The predicted octanol–water partition coefficient (Wildman–Crippen LogP) is 3.75. The van der Waals surface area contributed by atoms with E-state index in [2.05, 4.69) is 19.7 Å². The Labute approximate surface area is 188 Å². The highest BCUT2D eigenvalue weighted by Gasteiger charge is 2.41. The van der Waals surface area contributed by atoms with Crippen LogP contribution in [0.1, 0.15) is 63.2 Å². The van der Waals surface area contributed by atoms with E-state index in [1.807, 2.05) is 18.2 Å². The summed E-state index contributed by atoms with van der Waals surface area (Å²) in [5.41, 5.74) is 0.948. The maximum absolute atomic E-state index is 13.2. The lowest BCUT2D eigenvalue weighted by atomic mass is 9.86. The predicted molar refractivity (Wildman–Crippen MR) is 119 cm³/mol. The molecule has 2 aromatic rings. The monoisotopic (exact) mass is 440 g/mol. The molecule has 3 unspecified atom stereocenters. The number of carbonyl (C=O) groups excluding carboxylic acids is 1. The summed E-state index contributed by atoms with van der Waals surface area (Å²) in [4.78, 5) is 15.3. The van der Waals surface area contributed by atoms with Gasteiger partial charge in [0.05, 0.1) is 39.0 Å². The summed E-state index contributed by atoms with van der Waals surface area (Å²) >= 11 is 0. The van der Waals surface area contributed by atoms with Crippen LogP contribution in [0.25, 0.3) is 11.4 Å². The number of hydrogen-bond donors (Lipinski definition) is 0. The van der Waals surface area contributed by atoms with E-state index in [9.17, 15) is 4.79 Å². The molecule has 3 aliphatic rings. The van der Waals surface area contributed by atoms with Crippen LogP contribution in [0.3, 0.4) is 0 Å². The first-order valence-corrected chi connectivity index (χ1v) is 11.8. The molecule has 1 saturated carbocycles. The van der Waals surface area contributed by atoms with Gasteiger partial charge in [0.2, 0.25) is 5.91 Å². The van der Waals surface area contributed by atoms with Crippen molar-refractivity contribution in [1.29, 1.82) is 0 Å². The van der Waals surface area contributed by atoms with Gasteiger partial charge in [0.25, 0.3) is 0 Å².